The Morgan fingerprint density at radius 1 is 1.45 bits per heavy atom. The second-order valence-corrected chi connectivity index (χ2v) is 6.60. The Balaban J connectivity index is 2.12. The van der Waals surface area contributed by atoms with E-state index >= 15 is 0 Å². The number of rotatable bonds is 6. The molecule has 0 saturated carbocycles. The first kappa shape index (κ1) is 16.5. The topological polar surface area (TPSA) is 110 Å². The number of benzene rings is 1. The van der Waals surface area contributed by atoms with E-state index in [2.05, 4.69) is 9.71 Å². The van der Waals surface area contributed by atoms with Crippen molar-refractivity contribution in [3.8, 4) is 0 Å². The molecule has 0 saturated heterocycles. The average molecular weight is 345 g/mol. The highest BCUT2D eigenvalue weighted by atomic mass is 35.5. The van der Waals surface area contributed by atoms with Crippen LogP contribution in [0.15, 0.2) is 33.8 Å². The number of oxazole rings is 1. The van der Waals surface area contributed by atoms with Crippen molar-refractivity contribution in [1.29, 1.82) is 0 Å². The van der Waals surface area contributed by atoms with Crippen LogP contribution in [0.2, 0.25) is 5.02 Å². The number of nitrogens with zero attached hydrogens (tertiary/aromatic N) is 1. The van der Waals surface area contributed by atoms with Crippen molar-refractivity contribution in [2.24, 2.45) is 0 Å². The van der Waals surface area contributed by atoms with Crippen LogP contribution in [0.3, 0.4) is 0 Å². The molecule has 0 bridgehead atoms. The van der Waals surface area contributed by atoms with Crippen LogP contribution >= 0.6 is 11.6 Å². The predicted molar refractivity (Wildman–Crippen MR) is 78.5 cm³/mol. The van der Waals surface area contributed by atoms with Gasteiger partial charge in [-0.25, -0.2) is 22.9 Å². The maximum atomic E-state index is 12.2. The van der Waals surface area contributed by atoms with Crippen LogP contribution in [0.4, 0.5) is 0 Å². The third kappa shape index (κ3) is 3.85. The minimum atomic E-state index is -3.91. The number of nitrogens with one attached hydrogen (secondary N) is 1. The molecular weight excluding hydrogens is 332 g/mol. The quantitative estimate of drug-likeness (QED) is 0.827. The molecule has 0 fully saturated rings. The highest BCUT2D eigenvalue weighted by molar-refractivity contribution is 7.89. The summed E-state index contributed by atoms with van der Waals surface area (Å²) in [7, 11) is -3.91. The lowest BCUT2D eigenvalue weighted by molar-refractivity contribution is 0.0696. The van der Waals surface area contributed by atoms with Crippen molar-refractivity contribution >= 4 is 27.6 Å². The highest BCUT2D eigenvalue weighted by Crippen LogP contribution is 2.22. The molecule has 1 aromatic carbocycles. The van der Waals surface area contributed by atoms with Gasteiger partial charge in [-0.05, 0) is 18.2 Å². The Morgan fingerprint density at radius 3 is 2.77 bits per heavy atom. The van der Waals surface area contributed by atoms with Gasteiger partial charge in [0.15, 0.2) is 5.89 Å². The Morgan fingerprint density at radius 2 is 2.18 bits per heavy atom. The monoisotopic (exact) mass is 344 g/mol. The van der Waals surface area contributed by atoms with Gasteiger partial charge in [0, 0.05) is 19.9 Å². The standard InChI is InChI=1S/C13H13ClN2O5S/c1-8-16-10(7-21-8)4-5-15-22(19,20)12-6-9(13(17)18)2-3-11(12)14/h2-3,6-7,15H,4-5H2,1H3,(H,17,18). The first-order valence-corrected chi connectivity index (χ1v) is 8.09. The van der Waals surface area contributed by atoms with Gasteiger partial charge < -0.3 is 9.52 Å². The summed E-state index contributed by atoms with van der Waals surface area (Å²) in [5.41, 5.74) is 0.461. The van der Waals surface area contributed by atoms with E-state index in [1.165, 1.54) is 18.4 Å². The summed E-state index contributed by atoms with van der Waals surface area (Å²) in [5.74, 6) is -0.735. The van der Waals surface area contributed by atoms with Crippen molar-refractivity contribution in [3.05, 3.63) is 46.6 Å². The summed E-state index contributed by atoms with van der Waals surface area (Å²) in [6.07, 6.45) is 1.79. The van der Waals surface area contributed by atoms with Crippen LogP contribution in [0, 0.1) is 6.92 Å². The highest BCUT2D eigenvalue weighted by Gasteiger charge is 2.19. The van der Waals surface area contributed by atoms with Crippen LogP contribution in [0.5, 0.6) is 0 Å². The molecule has 0 aliphatic rings. The number of hydrogen-bond donors (Lipinski definition) is 2. The van der Waals surface area contributed by atoms with Crippen molar-refractivity contribution < 1.29 is 22.7 Å². The fraction of sp³-hybridized carbons (Fsp3) is 0.231. The molecule has 0 atom stereocenters. The van der Waals surface area contributed by atoms with Crippen molar-refractivity contribution in [2.75, 3.05) is 6.54 Å². The summed E-state index contributed by atoms with van der Waals surface area (Å²) in [6, 6.07) is 3.50. The van der Waals surface area contributed by atoms with E-state index in [4.69, 9.17) is 21.1 Å². The molecule has 0 aliphatic carbocycles. The van der Waals surface area contributed by atoms with Crippen molar-refractivity contribution in [2.45, 2.75) is 18.2 Å². The summed E-state index contributed by atoms with van der Waals surface area (Å²) in [4.78, 5) is 14.7. The summed E-state index contributed by atoms with van der Waals surface area (Å²) in [6.45, 7) is 1.77. The van der Waals surface area contributed by atoms with Crippen LogP contribution in [0.25, 0.3) is 0 Å². The third-order valence-electron chi connectivity index (χ3n) is 2.81. The number of hydrogen-bond acceptors (Lipinski definition) is 5. The molecule has 2 rings (SSSR count). The van der Waals surface area contributed by atoms with E-state index in [1.807, 2.05) is 0 Å². The number of aryl methyl sites for hydroxylation is 1. The van der Waals surface area contributed by atoms with Crippen LogP contribution in [0.1, 0.15) is 21.9 Å². The largest absolute Gasteiger partial charge is 0.478 e. The summed E-state index contributed by atoms with van der Waals surface area (Å²) < 4.78 is 31.8. The molecule has 2 aromatic rings. The maximum Gasteiger partial charge on any atom is 0.335 e. The Labute approximate surface area is 132 Å². The molecule has 0 radical (unpaired) electrons. The normalized spacial score (nSPS) is 11.5. The Bertz CT molecular complexity index is 801. The second-order valence-electron chi connectivity index (χ2n) is 4.46. The zero-order valence-corrected chi connectivity index (χ0v) is 13.1. The van der Waals surface area contributed by atoms with Gasteiger partial charge in [0.2, 0.25) is 10.0 Å². The SMILES string of the molecule is Cc1nc(CCNS(=O)(=O)c2cc(C(=O)O)ccc2Cl)co1. The minimum absolute atomic E-state index is 0.0465. The Hall–Kier alpha value is -1.90. The zero-order chi connectivity index (χ0) is 16.3. The lowest BCUT2D eigenvalue weighted by Gasteiger charge is -2.08. The van der Waals surface area contributed by atoms with Gasteiger partial charge in [-0.1, -0.05) is 11.6 Å². The number of carboxylic acids is 1. The molecular formula is C13H13ClN2O5S. The summed E-state index contributed by atoms with van der Waals surface area (Å²) >= 11 is 5.85. The average Bonchev–Trinajstić information content (AvgIpc) is 2.84. The molecule has 22 heavy (non-hydrogen) atoms. The van der Waals surface area contributed by atoms with E-state index in [-0.39, 0.29) is 22.0 Å². The lowest BCUT2D eigenvalue weighted by Crippen LogP contribution is -2.26. The van der Waals surface area contributed by atoms with Gasteiger partial charge in [0.1, 0.15) is 11.2 Å². The first-order chi connectivity index (χ1) is 10.3. The van der Waals surface area contributed by atoms with Gasteiger partial charge in [-0.2, -0.15) is 0 Å². The third-order valence-corrected chi connectivity index (χ3v) is 4.75. The Kier molecular flexibility index (Phi) is 4.84. The number of carboxylic acid groups (broad SMARTS) is 1. The number of carbonyl (C=O) groups is 1. The molecule has 7 nitrogen and oxygen atoms in total. The van der Waals surface area contributed by atoms with Crippen LogP contribution in [-0.4, -0.2) is 31.0 Å². The first-order valence-electron chi connectivity index (χ1n) is 6.23. The molecule has 118 valence electrons. The van der Waals surface area contributed by atoms with Crippen molar-refractivity contribution in [3.63, 3.8) is 0 Å². The fourth-order valence-corrected chi connectivity index (χ4v) is 3.31. The fourth-order valence-electron chi connectivity index (χ4n) is 1.76. The minimum Gasteiger partial charge on any atom is -0.478 e. The molecule has 0 unspecified atom stereocenters. The molecule has 1 aromatic heterocycles. The molecule has 0 amide bonds. The number of sulfonamides is 1. The summed E-state index contributed by atoms with van der Waals surface area (Å²) in [5, 5.41) is 8.87. The number of aromatic nitrogens is 1. The van der Waals surface area contributed by atoms with Crippen LogP contribution in [-0.2, 0) is 16.4 Å². The molecule has 0 spiro atoms. The zero-order valence-electron chi connectivity index (χ0n) is 11.5. The van der Waals surface area contributed by atoms with Crippen molar-refractivity contribution in [1.82, 2.24) is 9.71 Å². The smallest absolute Gasteiger partial charge is 0.335 e. The molecule has 0 aliphatic heterocycles. The number of aromatic carboxylic acids is 1. The lowest BCUT2D eigenvalue weighted by atomic mass is 10.2. The van der Waals surface area contributed by atoms with E-state index in [1.54, 1.807) is 6.92 Å². The molecule has 9 heteroatoms. The maximum absolute atomic E-state index is 12.2. The van der Waals surface area contributed by atoms with E-state index in [0.717, 1.165) is 6.07 Å². The van der Waals surface area contributed by atoms with Gasteiger partial charge in [-0.3, -0.25) is 0 Å². The van der Waals surface area contributed by atoms with Gasteiger partial charge in [0.25, 0.3) is 0 Å². The van der Waals surface area contributed by atoms with Gasteiger partial charge in [0.05, 0.1) is 16.3 Å². The predicted octanol–water partition coefficient (Wildman–Crippen LogP) is 1.86. The molecule has 1 heterocycles. The van der Waals surface area contributed by atoms with E-state index in [9.17, 15) is 13.2 Å². The van der Waals surface area contributed by atoms with Gasteiger partial charge >= 0.3 is 5.97 Å². The van der Waals surface area contributed by atoms with E-state index in [0.29, 0.717) is 18.0 Å². The number of halogens is 1. The molecule has 2 N–H and O–H groups in total. The van der Waals surface area contributed by atoms with Crippen LogP contribution < -0.4 is 4.72 Å². The van der Waals surface area contributed by atoms with E-state index < -0.39 is 16.0 Å². The van der Waals surface area contributed by atoms with Gasteiger partial charge in [-0.15, -0.1) is 0 Å². The second kappa shape index (κ2) is 6.47.